The van der Waals surface area contributed by atoms with Crippen molar-refractivity contribution in [3.8, 4) is 0 Å². The highest BCUT2D eigenvalue weighted by atomic mass is 35.5. The third-order valence-electron chi connectivity index (χ3n) is 3.70. The normalized spacial score (nSPS) is 17.7. The first kappa shape index (κ1) is 17.7. The standard InChI is InChI=1S/C14H21ClN2O3S2/c1-10(2)13(14(18)17-8-4-3-5-9-17)16-22(19,20)12-7-6-11(15)21-12/h6-7,10,13,16H,3-5,8-9H2,1-2H3/t13-/m1/s1. The molecule has 1 aromatic rings. The Morgan fingerprint density at radius 2 is 1.91 bits per heavy atom. The van der Waals surface area contributed by atoms with Crippen LogP contribution in [0.3, 0.4) is 0 Å². The van der Waals surface area contributed by atoms with E-state index in [0.717, 1.165) is 30.6 Å². The van der Waals surface area contributed by atoms with Gasteiger partial charge < -0.3 is 4.90 Å². The van der Waals surface area contributed by atoms with Gasteiger partial charge in [0.1, 0.15) is 10.3 Å². The van der Waals surface area contributed by atoms with Crippen molar-refractivity contribution in [2.75, 3.05) is 13.1 Å². The third-order valence-corrected chi connectivity index (χ3v) is 6.86. The van der Waals surface area contributed by atoms with Crippen LogP contribution in [-0.2, 0) is 14.8 Å². The van der Waals surface area contributed by atoms with Crippen molar-refractivity contribution in [1.82, 2.24) is 9.62 Å². The monoisotopic (exact) mass is 364 g/mol. The van der Waals surface area contributed by atoms with Crippen LogP contribution in [-0.4, -0.2) is 38.4 Å². The minimum absolute atomic E-state index is 0.125. The molecule has 0 unspecified atom stereocenters. The number of likely N-dealkylation sites (tertiary alicyclic amines) is 1. The summed E-state index contributed by atoms with van der Waals surface area (Å²) in [6.07, 6.45) is 3.07. The fraction of sp³-hybridized carbons (Fsp3) is 0.643. The van der Waals surface area contributed by atoms with Crippen molar-refractivity contribution in [3.63, 3.8) is 0 Å². The Morgan fingerprint density at radius 1 is 1.27 bits per heavy atom. The topological polar surface area (TPSA) is 66.5 Å². The van der Waals surface area contributed by atoms with Crippen LogP contribution in [0.5, 0.6) is 0 Å². The van der Waals surface area contributed by atoms with Gasteiger partial charge in [0.2, 0.25) is 5.91 Å². The predicted molar refractivity (Wildman–Crippen MR) is 88.7 cm³/mol. The van der Waals surface area contributed by atoms with Gasteiger partial charge in [-0.25, -0.2) is 8.42 Å². The molecule has 5 nitrogen and oxygen atoms in total. The van der Waals surface area contributed by atoms with E-state index in [1.54, 1.807) is 4.90 Å². The lowest BCUT2D eigenvalue weighted by molar-refractivity contribution is -0.134. The number of amides is 1. The number of hydrogen-bond donors (Lipinski definition) is 1. The highest BCUT2D eigenvalue weighted by Crippen LogP contribution is 2.26. The van der Waals surface area contributed by atoms with Crippen molar-refractivity contribution < 1.29 is 13.2 Å². The molecule has 0 radical (unpaired) electrons. The predicted octanol–water partition coefficient (Wildman–Crippen LogP) is 2.72. The van der Waals surface area contributed by atoms with Crippen molar-refractivity contribution in [1.29, 1.82) is 0 Å². The molecule has 1 aromatic heterocycles. The summed E-state index contributed by atoms with van der Waals surface area (Å²) in [7, 11) is -3.73. The Bertz CT molecular complexity index is 622. The number of rotatable bonds is 5. The molecule has 124 valence electrons. The molecule has 0 saturated carbocycles. The smallest absolute Gasteiger partial charge is 0.250 e. The van der Waals surface area contributed by atoms with E-state index in [4.69, 9.17) is 11.6 Å². The molecule has 8 heteroatoms. The van der Waals surface area contributed by atoms with E-state index in [0.29, 0.717) is 17.4 Å². The average Bonchev–Trinajstić information content (AvgIpc) is 2.92. The summed E-state index contributed by atoms with van der Waals surface area (Å²) in [6.45, 7) is 5.09. The molecule has 22 heavy (non-hydrogen) atoms. The minimum Gasteiger partial charge on any atom is -0.341 e. The van der Waals surface area contributed by atoms with Crippen molar-refractivity contribution >= 4 is 38.9 Å². The summed E-state index contributed by atoms with van der Waals surface area (Å²) in [5.41, 5.74) is 0. The van der Waals surface area contributed by atoms with Gasteiger partial charge in [-0.3, -0.25) is 4.79 Å². The summed E-state index contributed by atoms with van der Waals surface area (Å²) in [4.78, 5) is 14.4. The van der Waals surface area contributed by atoms with Crippen LogP contribution in [0.25, 0.3) is 0 Å². The molecule has 0 aliphatic carbocycles. The van der Waals surface area contributed by atoms with Gasteiger partial charge in [-0.15, -0.1) is 11.3 Å². The molecule has 1 amide bonds. The first-order valence-electron chi connectivity index (χ1n) is 7.38. The molecule has 1 aliphatic heterocycles. The van der Waals surface area contributed by atoms with Gasteiger partial charge in [0.05, 0.1) is 4.34 Å². The van der Waals surface area contributed by atoms with E-state index in [-0.39, 0.29) is 16.0 Å². The van der Waals surface area contributed by atoms with Gasteiger partial charge in [0.25, 0.3) is 10.0 Å². The number of nitrogens with one attached hydrogen (secondary N) is 1. The molecular weight excluding hydrogens is 344 g/mol. The van der Waals surface area contributed by atoms with Crippen LogP contribution < -0.4 is 4.72 Å². The lowest BCUT2D eigenvalue weighted by Crippen LogP contribution is -2.52. The Morgan fingerprint density at radius 3 is 2.41 bits per heavy atom. The summed E-state index contributed by atoms with van der Waals surface area (Å²) >= 11 is 6.79. The minimum atomic E-state index is -3.73. The summed E-state index contributed by atoms with van der Waals surface area (Å²) < 4.78 is 27.9. The van der Waals surface area contributed by atoms with Gasteiger partial charge in [0.15, 0.2) is 0 Å². The van der Waals surface area contributed by atoms with Crippen molar-refractivity contribution in [2.24, 2.45) is 5.92 Å². The molecule has 2 heterocycles. The van der Waals surface area contributed by atoms with E-state index in [2.05, 4.69) is 4.72 Å². The molecule has 0 bridgehead atoms. The van der Waals surface area contributed by atoms with Crippen molar-refractivity contribution in [2.45, 2.75) is 43.4 Å². The number of thiophene rings is 1. The lowest BCUT2D eigenvalue weighted by Gasteiger charge is -2.32. The van der Waals surface area contributed by atoms with Crippen LogP contribution in [0.4, 0.5) is 0 Å². The molecule has 0 spiro atoms. The van der Waals surface area contributed by atoms with Gasteiger partial charge >= 0.3 is 0 Å². The maximum atomic E-state index is 12.6. The molecule has 1 saturated heterocycles. The number of piperidine rings is 1. The van der Waals surface area contributed by atoms with E-state index in [1.807, 2.05) is 13.8 Å². The number of sulfonamides is 1. The van der Waals surface area contributed by atoms with E-state index >= 15 is 0 Å². The zero-order valence-electron chi connectivity index (χ0n) is 12.7. The Kier molecular flexibility index (Phi) is 5.87. The second kappa shape index (κ2) is 7.29. The maximum Gasteiger partial charge on any atom is 0.250 e. The van der Waals surface area contributed by atoms with Gasteiger partial charge in [-0.1, -0.05) is 25.4 Å². The lowest BCUT2D eigenvalue weighted by atomic mass is 10.0. The number of hydrogen-bond acceptors (Lipinski definition) is 4. The average molecular weight is 365 g/mol. The van der Waals surface area contributed by atoms with Crippen LogP contribution in [0.1, 0.15) is 33.1 Å². The van der Waals surface area contributed by atoms with Gasteiger partial charge in [0, 0.05) is 13.1 Å². The second-order valence-corrected chi connectivity index (χ2v) is 9.44. The Labute approximate surface area is 140 Å². The van der Waals surface area contributed by atoms with E-state index in [1.165, 1.54) is 12.1 Å². The fourth-order valence-corrected chi connectivity index (χ4v) is 5.29. The zero-order chi connectivity index (χ0) is 16.3. The third kappa shape index (κ3) is 4.22. The molecule has 1 aliphatic rings. The molecule has 1 fully saturated rings. The second-order valence-electron chi connectivity index (χ2n) is 5.79. The summed E-state index contributed by atoms with van der Waals surface area (Å²) in [5.74, 6) is -0.263. The van der Waals surface area contributed by atoms with Crippen LogP contribution >= 0.6 is 22.9 Å². The fourth-order valence-electron chi connectivity index (χ4n) is 2.45. The molecule has 2 rings (SSSR count). The first-order valence-corrected chi connectivity index (χ1v) is 10.1. The summed E-state index contributed by atoms with van der Waals surface area (Å²) in [6, 6.07) is 2.25. The molecular formula is C14H21ClN2O3S2. The van der Waals surface area contributed by atoms with Gasteiger partial charge in [-0.2, -0.15) is 4.72 Å². The quantitative estimate of drug-likeness (QED) is 0.873. The molecule has 1 atom stereocenters. The molecule has 0 aromatic carbocycles. The molecule has 1 N–H and O–H groups in total. The summed E-state index contributed by atoms with van der Waals surface area (Å²) in [5, 5.41) is 0. The van der Waals surface area contributed by atoms with Crippen LogP contribution in [0.2, 0.25) is 4.34 Å². The van der Waals surface area contributed by atoms with Gasteiger partial charge in [-0.05, 0) is 37.3 Å². The van der Waals surface area contributed by atoms with Crippen LogP contribution in [0, 0.1) is 5.92 Å². The SMILES string of the molecule is CC(C)[C@@H](NS(=O)(=O)c1ccc(Cl)s1)C(=O)N1CCCCC1. The maximum absolute atomic E-state index is 12.6. The highest BCUT2D eigenvalue weighted by molar-refractivity contribution is 7.91. The number of halogens is 1. The van der Waals surface area contributed by atoms with Crippen molar-refractivity contribution in [3.05, 3.63) is 16.5 Å². The number of nitrogens with zero attached hydrogens (tertiary/aromatic N) is 1. The Balaban J connectivity index is 2.16. The largest absolute Gasteiger partial charge is 0.341 e. The number of carbonyl (C=O) groups is 1. The van der Waals surface area contributed by atoms with E-state index < -0.39 is 16.1 Å². The van der Waals surface area contributed by atoms with E-state index in [9.17, 15) is 13.2 Å². The van der Waals surface area contributed by atoms with Crippen LogP contribution in [0.15, 0.2) is 16.3 Å². The number of carbonyl (C=O) groups excluding carboxylic acids is 1. The first-order chi connectivity index (χ1) is 10.3. The zero-order valence-corrected chi connectivity index (χ0v) is 15.1. The Hall–Kier alpha value is -0.630. The highest BCUT2D eigenvalue weighted by Gasteiger charge is 2.32.